The van der Waals surface area contributed by atoms with E-state index in [0.29, 0.717) is 17.2 Å². The summed E-state index contributed by atoms with van der Waals surface area (Å²) in [5, 5.41) is 0.699. The van der Waals surface area contributed by atoms with Gasteiger partial charge in [-0.05, 0) is 51.0 Å². The molecule has 0 atom stereocenters. The maximum Gasteiger partial charge on any atom is 0.261 e. The number of rotatable bonds is 7. The molecule has 1 amide bonds. The molecule has 0 aliphatic rings. The van der Waals surface area contributed by atoms with E-state index < -0.39 is 0 Å². The van der Waals surface area contributed by atoms with Crippen LogP contribution < -0.4 is 9.64 Å². The van der Waals surface area contributed by atoms with Gasteiger partial charge >= 0.3 is 0 Å². The summed E-state index contributed by atoms with van der Waals surface area (Å²) >= 11 is 3.12. The highest BCUT2D eigenvalue weighted by Gasteiger charge is 2.24. The number of hydrogen-bond acceptors (Lipinski definition) is 6. The molecule has 3 rings (SSSR count). The van der Waals surface area contributed by atoms with Crippen molar-refractivity contribution in [1.82, 2.24) is 9.88 Å². The molecule has 0 fully saturated rings. The molecule has 1 heterocycles. The van der Waals surface area contributed by atoms with Crippen molar-refractivity contribution in [2.75, 3.05) is 45.5 Å². The van der Waals surface area contributed by atoms with E-state index in [1.807, 2.05) is 56.7 Å². The van der Waals surface area contributed by atoms with Crippen LogP contribution in [0.2, 0.25) is 0 Å². The molecule has 0 bridgehead atoms. The number of thiazole rings is 1. The summed E-state index contributed by atoms with van der Waals surface area (Å²) in [6.45, 7) is 3.37. The number of amides is 1. The van der Waals surface area contributed by atoms with Crippen LogP contribution in [0.1, 0.15) is 15.9 Å². The average Bonchev–Trinajstić information content (AvgIpc) is 3.14. The van der Waals surface area contributed by atoms with Crippen molar-refractivity contribution in [1.29, 1.82) is 0 Å². The Labute approximate surface area is 174 Å². The van der Waals surface area contributed by atoms with Crippen molar-refractivity contribution in [3.63, 3.8) is 0 Å². The highest BCUT2D eigenvalue weighted by Crippen LogP contribution is 2.37. The first-order valence-electron chi connectivity index (χ1n) is 9.00. The van der Waals surface area contributed by atoms with Gasteiger partial charge in [-0.2, -0.15) is 0 Å². The Bertz CT molecular complexity index is 985. The van der Waals surface area contributed by atoms with E-state index in [0.717, 1.165) is 33.0 Å². The maximum absolute atomic E-state index is 13.5. The van der Waals surface area contributed by atoms with Gasteiger partial charge in [0.15, 0.2) is 5.13 Å². The minimum absolute atomic E-state index is 0.0255. The quantitative estimate of drug-likeness (QED) is 0.530. The molecule has 28 heavy (non-hydrogen) atoms. The SMILES string of the molecule is COc1ccc(C)c2sc(N(CCN(C)C)C(=O)c3ccccc3SC)nc12. The van der Waals surface area contributed by atoms with Crippen molar-refractivity contribution in [3.8, 4) is 5.75 Å². The van der Waals surface area contributed by atoms with E-state index in [-0.39, 0.29) is 5.91 Å². The first-order valence-corrected chi connectivity index (χ1v) is 11.0. The van der Waals surface area contributed by atoms with Crippen LogP contribution in [0.25, 0.3) is 10.2 Å². The lowest BCUT2D eigenvalue weighted by Crippen LogP contribution is -2.37. The van der Waals surface area contributed by atoms with Crippen molar-refractivity contribution < 1.29 is 9.53 Å². The van der Waals surface area contributed by atoms with Crippen LogP contribution >= 0.6 is 23.1 Å². The summed E-state index contributed by atoms with van der Waals surface area (Å²) in [5.74, 6) is 0.704. The molecule has 7 heteroatoms. The molecule has 148 valence electrons. The number of aromatic nitrogens is 1. The highest BCUT2D eigenvalue weighted by atomic mass is 32.2. The van der Waals surface area contributed by atoms with Gasteiger partial charge in [0.1, 0.15) is 11.3 Å². The molecule has 2 aromatic carbocycles. The molecule has 0 saturated heterocycles. The Morgan fingerprint density at radius 3 is 2.61 bits per heavy atom. The molecule has 0 unspecified atom stereocenters. The smallest absolute Gasteiger partial charge is 0.261 e. The van der Waals surface area contributed by atoms with Gasteiger partial charge in [0.05, 0.1) is 17.4 Å². The molecule has 3 aromatic rings. The first-order chi connectivity index (χ1) is 13.5. The summed E-state index contributed by atoms with van der Waals surface area (Å²) < 4.78 is 6.54. The number of likely N-dealkylation sites (N-methyl/N-ethyl adjacent to an activating group) is 1. The highest BCUT2D eigenvalue weighted by molar-refractivity contribution is 7.98. The number of fused-ring (bicyclic) bond motifs is 1. The normalized spacial score (nSPS) is 11.2. The van der Waals surface area contributed by atoms with Gasteiger partial charge in [0, 0.05) is 18.0 Å². The van der Waals surface area contributed by atoms with Crippen molar-refractivity contribution in [2.24, 2.45) is 0 Å². The summed E-state index contributed by atoms with van der Waals surface area (Å²) in [7, 11) is 5.65. The fourth-order valence-electron chi connectivity index (χ4n) is 2.93. The van der Waals surface area contributed by atoms with Gasteiger partial charge in [0.2, 0.25) is 0 Å². The van der Waals surface area contributed by atoms with Crippen molar-refractivity contribution in [2.45, 2.75) is 11.8 Å². The number of nitrogens with zero attached hydrogens (tertiary/aromatic N) is 3. The van der Waals surface area contributed by atoms with Crippen LogP contribution in [0.3, 0.4) is 0 Å². The molecule has 0 spiro atoms. The maximum atomic E-state index is 13.5. The average molecular weight is 416 g/mol. The topological polar surface area (TPSA) is 45.7 Å². The Kier molecular flexibility index (Phi) is 6.59. The molecule has 1 aromatic heterocycles. The summed E-state index contributed by atoms with van der Waals surface area (Å²) in [6.07, 6.45) is 1.99. The molecule has 0 radical (unpaired) electrons. The lowest BCUT2D eigenvalue weighted by molar-refractivity contribution is 0.0982. The number of anilines is 1. The fraction of sp³-hybridized carbons (Fsp3) is 0.333. The minimum atomic E-state index is -0.0255. The van der Waals surface area contributed by atoms with Gasteiger partial charge in [-0.1, -0.05) is 29.5 Å². The first kappa shape index (κ1) is 20.6. The van der Waals surface area contributed by atoms with Crippen LogP contribution in [0.5, 0.6) is 5.75 Å². The van der Waals surface area contributed by atoms with Gasteiger partial charge in [-0.15, -0.1) is 11.8 Å². The Morgan fingerprint density at radius 2 is 1.93 bits per heavy atom. The second-order valence-corrected chi connectivity index (χ2v) is 8.54. The van der Waals surface area contributed by atoms with E-state index in [2.05, 4.69) is 11.8 Å². The number of carbonyl (C=O) groups excluding carboxylic acids is 1. The van der Waals surface area contributed by atoms with E-state index >= 15 is 0 Å². The molecule has 5 nitrogen and oxygen atoms in total. The second kappa shape index (κ2) is 8.94. The zero-order valence-corrected chi connectivity index (χ0v) is 18.5. The molecular weight excluding hydrogens is 390 g/mol. The summed E-state index contributed by atoms with van der Waals surface area (Å²) in [6, 6.07) is 11.7. The van der Waals surface area contributed by atoms with E-state index in [4.69, 9.17) is 9.72 Å². The fourth-order valence-corrected chi connectivity index (χ4v) is 4.60. The third-order valence-electron chi connectivity index (χ3n) is 4.50. The van der Waals surface area contributed by atoms with Crippen LogP contribution in [-0.4, -0.2) is 56.3 Å². The predicted octanol–water partition coefficient (Wildman–Crippen LogP) is 4.54. The van der Waals surface area contributed by atoms with Gasteiger partial charge < -0.3 is 9.64 Å². The molecule has 0 aliphatic heterocycles. The number of aryl methyl sites for hydroxylation is 1. The molecular formula is C21H25N3O2S2. The number of carbonyl (C=O) groups is 1. The number of thioether (sulfide) groups is 1. The lowest BCUT2D eigenvalue weighted by atomic mass is 10.2. The number of methoxy groups -OCH3 is 1. The molecule has 0 aliphatic carbocycles. The van der Waals surface area contributed by atoms with Crippen molar-refractivity contribution in [3.05, 3.63) is 47.5 Å². The lowest BCUT2D eigenvalue weighted by Gasteiger charge is -2.22. The Hall–Kier alpha value is -2.09. The Morgan fingerprint density at radius 1 is 1.18 bits per heavy atom. The van der Waals surface area contributed by atoms with Crippen LogP contribution in [0, 0.1) is 6.92 Å². The zero-order valence-electron chi connectivity index (χ0n) is 16.9. The largest absolute Gasteiger partial charge is 0.494 e. The second-order valence-electron chi connectivity index (χ2n) is 6.72. The number of benzene rings is 2. The van der Waals surface area contributed by atoms with Crippen LogP contribution in [0.15, 0.2) is 41.3 Å². The monoisotopic (exact) mass is 415 g/mol. The minimum Gasteiger partial charge on any atom is -0.494 e. The summed E-state index contributed by atoms with van der Waals surface area (Å²) in [5.41, 5.74) is 2.64. The third-order valence-corrected chi connectivity index (χ3v) is 6.51. The van der Waals surface area contributed by atoms with Gasteiger partial charge in [-0.25, -0.2) is 4.98 Å². The third kappa shape index (κ3) is 4.16. The molecule has 0 saturated carbocycles. The van der Waals surface area contributed by atoms with Gasteiger partial charge in [-0.3, -0.25) is 9.69 Å². The van der Waals surface area contributed by atoms with Crippen LogP contribution in [-0.2, 0) is 0 Å². The standard InChI is InChI=1S/C21H25N3O2S2/c1-14-10-11-16(26-4)18-19(14)28-21(22-18)24(13-12-23(2)3)20(25)15-8-6-7-9-17(15)27-5/h6-11H,12-13H2,1-5H3. The summed E-state index contributed by atoms with van der Waals surface area (Å²) in [4.78, 5) is 23.1. The van der Waals surface area contributed by atoms with E-state index in [9.17, 15) is 4.79 Å². The predicted molar refractivity (Wildman–Crippen MR) is 119 cm³/mol. The van der Waals surface area contributed by atoms with E-state index in [1.165, 1.54) is 11.3 Å². The van der Waals surface area contributed by atoms with Crippen LogP contribution in [0.4, 0.5) is 5.13 Å². The van der Waals surface area contributed by atoms with E-state index in [1.54, 1.807) is 23.8 Å². The van der Waals surface area contributed by atoms with Gasteiger partial charge in [0.25, 0.3) is 5.91 Å². The van der Waals surface area contributed by atoms with Crippen molar-refractivity contribution >= 4 is 44.4 Å². The zero-order chi connectivity index (χ0) is 20.3. The molecule has 0 N–H and O–H groups in total. The Balaban J connectivity index is 2.09. The number of hydrogen-bond donors (Lipinski definition) is 0. The number of ether oxygens (including phenoxy) is 1.